The molecule has 2 fully saturated rings. The van der Waals surface area contributed by atoms with Gasteiger partial charge >= 0.3 is 0 Å². The minimum absolute atomic E-state index is 0. The molecule has 1 aliphatic carbocycles. The molecule has 9 heteroatoms. The first-order valence-corrected chi connectivity index (χ1v) is 10.6. The van der Waals surface area contributed by atoms with Crippen molar-refractivity contribution in [1.82, 2.24) is 14.7 Å². The van der Waals surface area contributed by atoms with Gasteiger partial charge in [0, 0.05) is 31.4 Å². The highest BCUT2D eigenvalue weighted by Gasteiger charge is 2.20. The molecule has 1 aromatic heterocycles. The van der Waals surface area contributed by atoms with Gasteiger partial charge in [0.25, 0.3) is 0 Å². The Morgan fingerprint density at radius 2 is 1.84 bits per heavy atom. The molecule has 0 radical (unpaired) electrons. The number of ether oxygens (including phenoxy) is 3. The number of β-amino-alcohol motifs (C(OH)–C–C–N with tert-alkyl or cyclic N) is 1. The molecule has 31 heavy (non-hydrogen) atoms. The maximum Gasteiger partial charge on any atom is 0.162 e. The standard InChI is InChI=1S/C22H31N3O4.2ClH/c1-27-21-7-6-17(14-22(21)29-19-4-2-3-5-19)20-8-9-25(23-20)16-18(26)15-24-10-12-28-13-11-24;;/h6-9,14,18-19,26H,2-5,10-13,15-16H2,1H3;2*1H. The van der Waals surface area contributed by atoms with Crippen molar-refractivity contribution in [2.75, 3.05) is 40.0 Å². The van der Waals surface area contributed by atoms with Crippen molar-refractivity contribution in [1.29, 1.82) is 0 Å². The fraction of sp³-hybridized carbons (Fsp3) is 0.591. The number of rotatable bonds is 8. The molecule has 2 aliphatic rings. The molecule has 1 atom stereocenters. The van der Waals surface area contributed by atoms with Crippen molar-refractivity contribution in [3.05, 3.63) is 30.5 Å². The van der Waals surface area contributed by atoms with Gasteiger partial charge in [-0.3, -0.25) is 9.58 Å². The van der Waals surface area contributed by atoms with E-state index < -0.39 is 6.10 Å². The quantitative estimate of drug-likeness (QED) is 0.633. The van der Waals surface area contributed by atoms with E-state index in [1.54, 1.807) is 7.11 Å². The Morgan fingerprint density at radius 1 is 1.10 bits per heavy atom. The van der Waals surface area contributed by atoms with Crippen LogP contribution in [0, 0.1) is 0 Å². The van der Waals surface area contributed by atoms with Gasteiger partial charge in [-0.05, 0) is 49.9 Å². The summed E-state index contributed by atoms with van der Waals surface area (Å²) in [7, 11) is 1.67. The summed E-state index contributed by atoms with van der Waals surface area (Å²) in [5.41, 5.74) is 1.85. The second-order valence-corrected chi connectivity index (χ2v) is 7.88. The van der Waals surface area contributed by atoms with Crippen LogP contribution in [0.3, 0.4) is 0 Å². The lowest BCUT2D eigenvalue weighted by Crippen LogP contribution is -2.42. The summed E-state index contributed by atoms with van der Waals surface area (Å²) in [6.45, 7) is 4.33. The average Bonchev–Trinajstić information content (AvgIpc) is 3.41. The molecular formula is C22H33Cl2N3O4. The van der Waals surface area contributed by atoms with Crippen LogP contribution in [0.25, 0.3) is 11.3 Å². The Bertz CT molecular complexity index is 793. The summed E-state index contributed by atoms with van der Waals surface area (Å²) >= 11 is 0. The fourth-order valence-corrected chi connectivity index (χ4v) is 4.09. The molecule has 2 heterocycles. The van der Waals surface area contributed by atoms with E-state index >= 15 is 0 Å². The van der Waals surface area contributed by atoms with Gasteiger partial charge in [-0.1, -0.05) is 0 Å². The van der Waals surface area contributed by atoms with Crippen LogP contribution in [0.1, 0.15) is 25.7 Å². The smallest absolute Gasteiger partial charge is 0.162 e. The summed E-state index contributed by atoms with van der Waals surface area (Å²) < 4.78 is 18.8. The SMILES string of the molecule is COc1ccc(-c2ccn(CC(O)CN3CCOCC3)n2)cc1OC1CCCC1.Cl.Cl. The Balaban J connectivity index is 0.00000171. The van der Waals surface area contributed by atoms with Crippen molar-refractivity contribution < 1.29 is 19.3 Å². The Hall–Kier alpha value is -1.51. The number of benzene rings is 1. The number of nitrogens with zero attached hydrogens (tertiary/aromatic N) is 3. The number of aromatic nitrogens is 2. The molecule has 174 valence electrons. The first-order chi connectivity index (χ1) is 14.2. The second kappa shape index (κ2) is 12.5. The first-order valence-electron chi connectivity index (χ1n) is 10.6. The highest BCUT2D eigenvalue weighted by Crippen LogP contribution is 2.35. The van der Waals surface area contributed by atoms with Gasteiger partial charge in [0.2, 0.25) is 0 Å². The summed E-state index contributed by atoms with van der Waals surface area (Å²) in [6, 6.07) is 7.92. The first kappa shape index (κ1) is 25.7. The lowest BCUT2D eigenvalue weighted by atomic mass is 10.1. The topological polar surface area (TPSA) is 69.0 Å². The zero-order valence-electron chi connectivity index (χ0n) is 17.9. The fourth-order valence-electron chi connectivity index (χ4n) is 4.09. The van der Waals surface area contributed by atoms with E-state index in [1.165, 1.54) is 12.8 Å². The molecule has 2 aromatic rings. The summed E-state index contributed by atoms with van der Waals surface area (Å²) in [5.74, 6) is 1.53. The third kappa shape index (κ3) is 6.99. The van der Waals surface area contributed by atoms with E-state index in [2.05, 4.69) is 10.00 Å². The van der Waals surface area contributed by atoms with Crippen LogP contribution in [0.2, 0.25) is 0 Å². The highest BCUT2D eigenvalue weighted by atomic mass is 35.5. The van der Waals surface area contributed by atoms with Crippen LogP contribution in [-0.4, -0.2) is 72.0 Å². The van der Waals surface area contributed by atoms with Gasteiger partial charge in [0.1, 0.15) is 0 Å². The summed E-state index contributed by atoms with van der Waals surface area (Å²) in [4.78, 5) is 2.23. The van der Waals surface area contributed by atoms with Crippen LogP contribution in [0.15, 0.2) is 30.5 Å². The molecule has 4 rings (SSSR count). The summed E-state index contributed by atoms with van der Waals surface area (Å²) in [5, 5.41) is 15.1. The Labute approximate surface area is 196 Å². The maximum absolute atomic E-state index is 10.4. The van der Waals surface area contributed by atoms with Gasteiger partial charge < -0.3 is 19.3 Å². The van der Waals surface area contributed by atoms with E-state index in [-0.39, 0.29) is 30.9 Å². The number of halogens is 2. The largest absolute Gasteiger partial charge is 0.493 e. The molecule has 1 saturated heterocycles. The third-order valence-electron chi connectivity index (χ3n) is 5.67. The van der Waals surface area contributed by atoms with Gasteiger partial charge in [-0.15, -0.1) is 24.8 Å². The van der Waals surface area contributed by atoms with Gasteiger partial charge in [-0.2, -0.15) is 5.10 Å². The van der Waals surface area contributed by atoms with Crippen LogP contribution < -0.4 is 9.47 Å². The third-order valence-corrected chi connectivity index (χ3v) is 5.67. The lowest BCUT2D eigenvalue weighted by Gasteiger charge is -2.28. The van der Waals surface area contributed by atoms with E-state index in [0.29, 0.717) is 13.1 Å². The molecule has 1 aliphatic heterocycles. The number of hydrogen-bond donors (Lipinski definition) is 1. The Kier molecular flexibility index (Phi) is 10.4. The molecule has 1 unspecified atom stereocenters. The van der Waals surface area contributed by atoms with Gasteiger partial charge in [-0.25, -0.2) is 0 Å². The van der Waals surface area contributed by atoms with Crippen LogP contribution in [0.4, 0.5) is 0 Å². The van der Waals surface area contributed by atoms with Crippen molar-refractivity contribution in [2.45, 2.75) is 44.4 Å². The molecule has 1 saturated carbocycles. The normalized spacial score (nSPS) is 18.1. The van der Waals surface area contributed by atoms with Gasteiger partial charge in [0.15, 0.2) is 11.5 Å². The maximum atomic E-state index is 10.4. The van der Waals surface area contributed by atoms with E-state index in [0.717, 1.165) is 61.9 Å². The van der Waals surface area contributed by atoms with Crippen molar-refractivity contribution in [2.24, 2.45) is 0 Å². The van der Waals surface area contributed by atoms with Crippen molar-refractivity contribution >= 4 is 24.8 Å². The van der Waals surface area contributed by atoms with E-state index in [1.807, 2.05) is 35.1 Å². The minimum Gasteiger partial charge on any atom is -0.493 e. The van der Waals surface area contributed by atoms with Crippen LogP contribution in [0.5, 0.6) is 11.5 Å². The monoisotopic (exact) mass is 473 g/mol. The Morgan fingerprint density at radius 3 is 2.55 bits per heavy atom. The number of methoxy groups -OCH3 is 1. The lowest BCUT2D eigenvalue weighted by molar-refractivity contribution is 0.0108. The van der Waals surface area contributed by atoms with Crippen LogP contribution >= 0.6 is 24.8 Å². The van der Waals surface area contributed by atoms with E-state index in [9.17, 15) is 5.11 Å². The molecule has 0 bridgehead atoms. The number of hydrogen-bond acceptors (Lipinski definition) is 6. The molecule has 0 amide bonds. The van der Waals surface area contributed by atoms with Gasteiger partial charge in [0.05, 0.1) is 44.8 Å². The predicted octanol–water partition coefficient (Wildman–Crippen LogP) is 3.42. The number of morpholine rings is 1. The summed E-state index contributed by atoms with van der Waals surface area (Å²) in [6.07, 6.45) is 6.38. The molecule has 1 aromatic carbocycles. The zero-order chi connectivity index (χ0) is 20.1. The predicted molar refractivity (Wildman–Crippen MR) is 125 cm³/mol. The number of aliphatic hydroxyl groups excluding tert-OH is 1. The second-order valence-electron chi connectivity index (χ2n) is 7.88. The molecular weight excluding hydrogens is 441 g/mol. The van der Waals surface area contributed by atoms with Crippen LogP contribution in [-0.2, 0) is 11.3 Å². The molecule has 0 spiro atoms. The van der Waals surface area contributed by atoms with Crippen molar-refractivity contribution in [3.63, 3.8) is 0 Å². The zero-order valence-corrected chi connectivity index (χ0v) is 19.6. The van der Waals surface area contributed by atoms with Crippen molar-refractivity contribution in [3.8, 4) is 22.8 Å². The minimum atomic E-state index is -0.460. The van der Waals surface area contributed by atoms with E-state index in [4.69, 9.17) is 14.2 Å². The highest BCUT2D eigenvalue weighted by molar-refractivity contribution is 5.85. The number of aliphatic hydroxyl groups is 1. The molecule has 1 N–H and O–H groups in total. The molecule has 7 nitrogen and oxygen atoms in total. The average molecular weight is 474 g/mol.